The molecule has 0 aliphatic carbocycles. The Bertz CT molecular complexity index is 549. The molecule has 5 heteroatoms. The molecule has 0 N–H and O–H groups in total. The van der Waals surface area contributed by atoms with E-state index in [0.717, 1.165) is 38.5 Å². The lowest BCUT2D eigenvalue weighted by Crippen LogP contribution is -2.45. The van der Waals surface area contributed by atoms with Crippen molar-refractivity contribution in [2.75, 3.05) is 27.7 Å². The first-order valence-corrected chi connectivity index (χ1v) is 13.2. The quantitative estimate of drug-likeness (QED) is 0.0886. The van der Waals surface area contributed by atoms with E-state index in [9.17, 15) is 14.7 Å². The van der Waals surface area contributed by atoms with Gasteiger partial charge in [-0.25, -0.2) is 0 Å². The number of likely N-dealkylation sites (N-methyl/N-ethyl adjacent to an activating group) is 1. The lowest BCUT2D eigenvalue weighted by molar-refractivity contribution is -0.873. The summed E-state index contributed by atoms with van der Waals surface area (Å²) in [6.45, 7) is 2.72. The highest BCUT2D eigenvalue weighted by Crippen LogP contribution is 2.11. The van der Waals surface area contributed by atoms with Crippen LogP contribution in [-0.2, 0) is 14.3 Å². The number of carboxylic acids is 1. The highest BCUT2D eigenvalue weighted by atomic mass is 16.5. The number of ether oxygens (including phenoxy) is 1. The van der Waals surface area contributed by atoms with E-state index in [4.69, 9.17) is 4.74 Å². The van der Waals surface area contributed by atoms with E-state index in [0.29, 0.717) is 17.4 Å². The van der Waals surface area contributed by atoms with E-state index in [1.807, 2.05) is 21.1 Å². The number of carboxylic acid groups (broad SMARTS) is 1. The van der Waals surface area contributed by atoms with Gasteiger partial charge in [0.25, 0.3) is 0 Å². The molecule has 0 aromatic carbocycles. The Hall–Kier alpha value is -1.62. The van der Waals surface area contributed by atoms with Gasteiger partial charge in [0.2, 0.25) is 0 Å². The third-order valence-corrected chi connectivity index (χ3v) is 5.53. The molecule has 0 aliphatic rings. The smallest absolute Gasteiger partial charge is 0.306 e. The van der Waals surface area contributed by atoms with E-state index in [2.05, 4.69) is 31.2 Å². The molecular weight excluding hydrogens is 414 g/mol. The Morgan fingerprint density at radius 1 is 0.788 bits per heavy atom. The normalized spacial score (nSPS) is 13.1. The molecule has 0 fully saturated rings. The third-order valence-electron chi connectivity index (χ3n) is 5.53. The highest BCUT2D eigenvalue weighted by Gasteiger charge is 2.22. The Balaban J connectivity index is 3.65. The van der Waals surface area contributed by atoms with Crippen LogP contribution >= 0.6 is 0 Å². The number of hydrogen-bond acceptors (Lipinski definition) is 4. The molecule has 5 nitrogen and oxygen atoms in total. The molecule has 192 valence electrons. The molecule has 1 unspecified atom stereocenters. The molecule has 0 aromatic heterocycles. The summed E-state index contributed by atoms with van der Waals surface area (Å²) >= 11 is 0. The number of carbonyl (C=O) groups is 2. The fraction of sp³-hybridized carbons (Fsp3) is 0.786. The van der Waals surface area contributed by atoms with Crippen molar-refractivity contribution in [2.24, 2.45) is 0 Å². The lowest BCUT2D eigenvalue weighted by Gasteiger charge is -2.29. The number of esters is 1. The fourth-order valence-electron chi connectivity index (χ4n) is 3.80. The molecule has 0 amide bonds. The van der Waals surface area contributed by atoms with Crippen molar-refractivity contribution in [3.8, 4) is 0 Å². The predicted molar refractivity (Wildman–Crippen MR) is 136 cm³/mol. The topological polar surface area (TPSA) is 66.4 Å². The van der Waals surface area contributed by atoms with Crippen LogP contribution in [0.3, 0.4) is 0 Å². The fourth-order valence-corrected chi connectivity index (χ4v) is 3.80. The van der Waals surface area contributed by atoms with Gasteiger partial charge in [-0.05, 0) is 38.5 Å². The summed E-state index contributed by atoms with van der Waals surface area (Å²) in [6.07, 6.45) is 25.4. The monoisotopic (exact) mass is 465 g/mol. The second kappa shape index (κ2) is 20.9. The van der Waals surface area contributed by atoms with Crippen LogP contribution in [0.4, 0.5) is 0 Å². The molecule has 0 saturated carbocycles. The number of carbonyl (C=O) groups excluding carboxylic acids is 2. The predicted octanol–water partition coefficient (Wildman–Crippen LogP) is 5.73. The molecule has 0 heterocycles. The third kappa shape index (κ3) is 24.8. The maximum absolute atomic E-state index is 12.0. The molecule has 0 radical (unpaired) electrons. The van der Waals surface area contributed by atoms with E-state index < -0.39 is 12.1 Å². The highest BCUT2D eigenvalue weighted by molar-refractivity contribution is 5.70. The van der Waals surface area contributed by atoms with Crippen molar-refractivity contribution in [2.45, 2.75) is 116 Å². The molecule has 0 bridgehead atoms. The van der Waals surface area contributed by atoms with Crippen LogP contribution in [0.15, 0.2) is 24.3 Å². The summed E-state index contributed by atoms with van der Waals surface area (Å²) < 4.78 is 5.91. The van der Waals surface area contributed by atoms with Crippen molar-refractivity contribution < 1.29 is 23.9 Å². The Labute approximate surface area is 203 Å². The number of allylic oxidation sites excluding steroid dienone is 4. The minimum absolute atomic E-state index is 0.248. The zero-order chi connectivity index (χ0) is 24.8. The van der Waals surface area contributed by atoms with Gasteiger partial charge in [0, 0.05) is 18.8 Å². The van der Waals surface area contributed by atoms with Crippen molar-refractivity contribution >= 4 is 11.9 Å². The Morgan fingerprint density at radius 3 is 1.82 bits per heavy atom. The number of rotatable bonds is 22. The maximum Gasteiger partial charge on any atom is 0.306 e. The molecule has 0 spiro atoms. The number of aliphatic carboxylic acids is 1. The van der Waals surface area contributed by atoms with Gasteiger partial charge in [-0.15, -0.1) is 0 Å². The van der Waals surface area contributed by atoms with Crippen LogP contribution in [0.5, 0.6) is 0 Å². The first kappa shape index (κ1) is 31.4. The van der Waals surface area contributed by atoms with Crippen molar-refractivity contribution in [1.82, 2.24) is 0 Å². The van der Waals surface area contributed by atoms with E-state index in [1.165, 1.54) is 51.4 Å². The summed E-state index contributed by atoms with van der Waals surface area (Å²) in [5, 5.41) is 10.9. The Morgan fingerprint density at radius 2 is 1.30 bits per heavy atom. The van der Waals surface area contributed by atoms with Gasteiger partial charge < -0.3 is 19.1 Å². The molecular formula is C28H51NO4. The van der Waals surface area contributed by atoms with Gasteiger partial charge >= 0.3 is 5.97 Å². The van der Waals surface area contributed by atoms with Crippen LogP contribution in [0.1, 0.15) is 110 Å². The second-order valence-corrected chi connectivity index (χ2v) is 10.2. The number of unbranched alkanes of at least 4 members (excludes halogenated alkanes) is 11. The van der Waals surface area contributed by atoms with Crippen LogP contribution in [0.2, 0.25) is 0 Å². The Kier molecular flexibility index (Phi) is 19.9. The van der Waals surface area contributed by atoms with Gasteiger partial charge in [-0.1, -0.05) is 82.6 Å². The summed E-state index contributed by atoms with van der Waals surface area (Å²) in [6, 6.07) is 0. The summed E-state index contributed by atoms with van der Waals surface area (Å²) in [4.78, 5) is 22.9. The van der Waals surface area contributed by atoms with Crippen LogP contribution in [0.25, 0.3) is 0 Å². The first-order chi connectivity index (χ1) is 15.7. The first-order valence-electron chi connectivity index (χ1n) is 13.2. The molecule has 0 aliphatic heterocycles. The van der Waals surface area contributed by atoms with Crippen molar-refractivity contribution in [1.29, 1.82) is 0 Å². The lowest BCUT2D eigenvalue weighted by atomic mass is 10.1. The van der Waals surface area contributed by atoms with Gasteiger partial charge in [0.1, 0.15) is 6.54 Å². The van der Waals surface area contributed by atoms with Gasteiger partial charge in [0.05, 0.1) is 21.1 Å². The van der Waals surface area contributed by atoms with E-state index in [-0.39, 0.29) is 12.4 Å². The summed E-state index contributed by atoms with van der Waals surface area (Å²) in [5.41, 5.74) is 0. The van der Waals surface area contributed by atoms with Crippen LogP contribution in [-0.4, -0.2) is 50.2 Å². The average Bonchev–Trinajstić information content (AvgIpc) is 2.71. The molecule has 33 heavy (non-hydrogen) atoms. The van der Waals surface area contributed by atoms with Crippen LogP contribution in [0, 0.1) is 0 Å². The molecule has 0 rings (SSSR count). The zero-order valence-corrected chi connectivity index (χ0v) is 22.0. The van der Waals surface area contributed by atoms with Gasteiger partial charge in [-0.2, -0.15) is 0 Å². The van der Waals surface area contributed by atoms with Gasteiger partial charge in [-0.3, -0.25) is 4.79 Å². The van der Waals surface area contributed by atoms with E-state index in [1.54, 1.807) is 0 Å². The number of quaternary nitrogens is 1. The summed E-state index contributed by atoms with van der Waals surface area (Å²) in [7, 11) is 5.83. The maximum atomic E-state index is 12.0. The van der Waals surface area contributed by atoms with E-state index >= 15 is 0 Å². The zero-order valence-electron chi connectivity index (χ0n) is 22.0. The summed E-state index contributed by atoms with van der Waals surface area (Å²) in [5.74, 6) is -1.49. The van der Waals surface area contributed by atoms with Crippen molar-refractivity contribution in [3.05, 3.63) is 24.3 Å². The molecule has 1 atom stereocenters. The average molecular weight is 466 g/mol. The molecule has 0 saturated heterocycles. The minimum Gasteiger partial charge on any atom is -0.550 e. The number of nitrogens with zero attached hydrogens (tertiary/aromatic N) is 1. The standard InChI is InChI=1S/C28H51NO4/c1-5-6-7-8-9-10-11-12-13-14-15-16-17-18-19-20-21-22-23-28(32)33-26(24-27(30)31)25-29(2,3)4/h13-14,16-17,26H,5-12,15,18-25H2,1-4H3/b14-13+,17-16+. The SMILES string of the molecule is CCCCCCCCC/C=C/C/C=C/CCCCCCC(=O)OC(CC(=O)[O-])C[N+](C)(C)C. The van der Waals surface area contributed by atoms with Gasteiger partial charge in [0.15, 0.2) is 6.10 Å². The molecule has 0 aromatic rings. The number of hydrogen-bond donors (Lipinski definition) is 0. The van der Waals surface area contributed by atoms with Crippen LogP contribution < -0.4 is 5.11 Å². The second-order valence-electron chi connectivity index (χ2n) is 10.2. The minimum atomic E-state index is -1.18. The largest absolute Gasteiger partial charge is 0.550 e. The van der Waals surface area contributed by atoms with Crippen molar-refractivity contribution in [3.63, 3.8) is 0 Å².